The minimum atomic E-state index is -3.77. The average Bonchev–Trinajstić information content (AvgIpc) is 3.65. The van der Waals surface area contributed by atoms with E-state index in [-0.39, 0.29) is 4.90 Å². The zero-order chi connectivity index (χ0) is 32.2. The number of benzene rings is 2. The summed E-state index contributed by atoms with van der Waals surface area (Å²) in [6.07, 6.45) is 11.7. The van der Waals surface area contributed by atoms with Gasteiger partial charge in [-0.15, -0.1) is 0 Å². The van der Waals surface area contributed by atoms with Crippen LogP contribution in [0.1, 0.15) is 67.9 Å². The third-order valence-corrected chi connectivity index (χ3v) is 9.85. The molecule has 244 valence electrons. The second-order valence-corrected chi connectivity index (χ2v) is 14.0. The Morgan fingerprint density at radius 3 is 1.89 bits per heavy atom. The molecule has 0 unspecified atom stereocenters. The van der Waals surface area contributed by atoms with Crippen LogP contribution in [-0.4, -0.2) is 74.9 Å². The van der Waals surface area contributed by atoms with Crippen molar-refractivity contribution in [1.29, 1.82) is 0 Å². The molecule has 0 aliphatic heterocycles. The van der Waals surface area contributed by atoms with Gasteiger partial charge in [0.05, 0.1) is 18.0 Å². The lowest BCUT2D eigenvalue weighted by Gasteiger charge is -2.23. The number of rotatable bonds is 19. The first-order valence-electron chi connectivity index (χ1n) is 16.2. The standard InChI is InChI=1S/C35H51N7O2S/c1-6-20-40(21-7-2)23-9-8-22-38(4)26-31-12-14-32(15-13-31)27-41(28-34-36-18-24-39(34)5)29-35-37-19-25-42(35)45(43,44)33-16-10-30(3)11-17-33/h10-19,24-25H,6-9,20-23,26-29H2,1-5H3. The largest absolute Gasteiger partial charge is 0.337 e. The van der Waals surface area contributed by atoms with E-state index in [1.165, 1.54) is 61.1 Å². The van der Waals surface area contributed by atoms with Gasteiger partial charge in [0.1, 0.15) is 11.6 Å². The van der Waals surface area contributed by atoms with Gasteiger partial charge in [0.25, 0.3) is 10.0 Å². The molecule has 0 radical (unpaired) electrons. The summed E-state index contributed by atoms with van der Waals surface area (Å²) in [5.74, 6) is 1.37. The zero-order valence-electron chi connectivity index (χ0n) is 27.8. The van der Waals surface area contributed by atoms with Gasteiger partial charge in [-0.3, -0.25) is 4.90 Å². The maximum absolute atomic E-state index is 13.5. The van der Waals surface area contributed by atoms with Gasteiger partial charge in [-0.05, 0) is 89.1 Å². The van der Waals surface area contributed by atoms with Gasteiger partial charge in [-0.2, -0.15) is 0 Å². The van der Waals surface area contributed by atoms with Gasteiger partial charge >= 0.3 is 0 Å². The lowest BCUT2D eigenvalue weighted by molar-refractivity contribution is 0.232. The van der Waals surface area contributed by atoms with Crippen LogP contribution in [0.5, 0.6) is 0 Å². The molecule has 4 rings (SSSR count). The molecule has 2 aromatic carbocycles. The van der Waals surface area contributed by atoms with Crippen LogP contribution in [0.4, 0.5) is 0 Å². The number of aryl methyl sites for hydroxylation is 2. The molecule has 0 aliphatic carbocycles. The number of unbranched alkanes of at least 4 members (excludes halogenated alkanes) is 1. The number of hydrogen-bond donors (Lipinski definition) is 0. The molecule has 45 heavy (non-hydrogen) atoms. The normalized spacial score (nSPS) is 12.2. The molecular formula is C35H51N7O2S. The van der Waals surface area contributed by atoms with E-state index in [1.807, 2.05) is 36.9 Å². The molecule has 0 aliphatic rings. The Hall–Kier alpha value is -3.31. The van der Waals surface area contributed by atoms with E-state index in [2.05, 4.69) is 69.8 Å². The van der Waals surface area contributed by atoms with E-state index in [0.717, 1.165) is 30.0 Å². The van der Waals surface area contributed by atoms with Gasteiger partial charge < -0.3 is 14.4 Å². The van der Waals surface area contributed by atoms with Crippen LogP contribution in [-0.2, 0) is 43.2 Å². The highest BCUT2D eigenvalue weighted by Crippen LogP contribution is 2.19. The Kier molecular flexibility index (Phi) is 12.9. The summed E-state index contributed by atoms with van der Waals surface area (Å²) in [5.41, 5.74) is 3.45. The van der Waals surface area contributed by atoms with Crippen molar-refractivity contribution < 1.29 is 8.42 Å². The lowest BCUT2D eigenvalue weighted by atomic mass is 10.1. The van der Waals surface area contributed by atoms with E-state index in [9.17, 15) is 8.42 Å². The predicted molar refractivity (Wildman–Crippen MR) is 181 cm³/mol. The fourth-order valence-corrected chi connectivity index (χ4v) is 6.98. The molecule has 0 amide bonds. The van der Waals surface area contributed by atoms with Crippen LogP contribution in [0, 0.1) is 6.92 Å². The van der Waals surface area contributed by atoms with Crippen molar-refractivity contribution in [1.82, 2.24) is 33.2 Å². The van der Waals surface area contributed by atoms with Gasteiger partial charge in [-0.25, -0.2) is 22.4 Å². The Bertz CT molecular complexity index is 1540. The van der Waals surface area contributed by atoms with Crippen molar-refractivity contribution in [3.8, 4) is 0 Å². The summed E-state index contributed by atoms with van der Waals surface area (Å²) in [7, 11) is 0.405. The molecule has 10 heteroatoms. The van der Waals surface area contributed by atoms with E-state index in [0.29, 0.717) is 25.5 Å². The van der Waals surface area contributed by atoms with E-state index in [4.69, 9.17) is 0 Å². The second-order valence-electron chi connectivity index (χ2n) is 12.2. The third-order valence-electron chi connectivity index (χ3n) is 8.13. The van der Waals surface area contributed by atoms with Crippen LogP contribution in [0.2, 0.25) is 0 Å². The molecule has 0 fully saturated rings. The molecule has 2 heterocycles. The molecule has 2 aromatic heterocycles. The summed E-state index contributed by atoms with van der Waals surface area (Å²) in [6.45, 7) is 13.6. The first-order chi connectivity index (χ1) is 21.7. The Morgan fingerprint density at radius 2 is 1.27 bits per heavy atom. The number of imidazole rings is 2. The van der Waals surface area contributed by atoms with E-state index >= 15 is 0 Å². The maximum Gasteiger partial charge on any atom is 0.269 e. The van der Waals surface area contributed by atoms with E-state index in [1.54, 1.807) is 24.5 Å². The molecule has 0 saturated heterocycles. The van der Waals surface area contributed by atoms with Crippen molar-refractivity contribution in [2.75, 3.05) is 33.2 Å². The Morgan fingerprint density at radius 1 is 0.689 bits per heavy atom. The highest BCUT2D eigenvalue weighted by molar-refractivity contribution is 7.90. The van der Waals surface area contributed by atoms with Crippen LogP contribution in [0.25, 0.3) is 0 Å². The van der Waals surface area contributed by atoms with Gasteiger partial charge in [0.2, 0.25) is 0 Å². The molecule has 0 atom stereocenters. The minimum absolute atomic E-state index is 0.249. The first kappa shape index (κ1) is 34.6. The topological polar surface area (TPSA) is 79.5 Å². The SMILES string of the molecule is CCCN(CCC)CCCCN(C)Cc1ccc(CN(Cc2nccn2C)Cc2nccn2S(=O)(=O)c2ccc(C)cc2)cc1. The first-order valence-corrected chi connectivity index (χ1v) is 17.6. The monoisotopic (exact) mass is 633 g/mol. The van der Waals surface area contributed by atoms with Crippen LogP contribution in [0.3, 0.4) is 0 Å². The van der Waals surface area contributed by atoms with Crippen molar-refractivity contribution in [2.24, 2.45) is 7.05 Å². The van der Waals surface area contributed by atoms with Crippen molar-refractivity contribution in [3.63, 3.8) is 0 Å². The smallest absolute Gasteiger partial charge is 0.269 e. The van der Waals surface area contributed by atoms with Crippen LogP contribution >= 0.6 is 0 Å². The van der Waals surface area contributed by atoms with Crippen LogP contribution in [0.15, 0.2) is 78.2 Å². The quantitative estimate of drug-likeness (QED) is 0.123. The predicted octanol–water partition coefficient (Wildman–Crippen LogP) is 5.70. The average molecular weight is 634 g/mol. The lowest BCUT2D eigenvalue weighted by Crippen LogP contribution is -2.27. The summed E-state index contributed by atoms with van der Waals surface area (Å²) >= 11 is 0. The highest BCUT2D eigenvalue weighted by Gasteiger charge is 2.22. The van der Waals surface area contributed by atoms with Crippen LogP contribution < -0.4 is 0 Å². The Balaban J connectivity index is 1.39. The molecule has 9 nitrogen and oxygen atoms in total. The molecule has 0 saturated carbocycles. The zero-order valence-corrected chi connectivity index (χ0v) is 28.6. The number of aromatic nitrogens is 4. The molecule has 4 aromatic rings. The Labute approximate surface area is 270 Å². The van der Waals surface area contributed by atoms with Gasteiger partial charge in [0.15, 0.2) is 0 Å². The summed E-state index contributed by atoms with van der Waals surface area (Å²) in [5, 5.41) is 0. The van der Waals surface area contributed by atoms with Gasteiger partial charge in [0, 0.05) is 44.9 Å². The van der Waals surface area contributed by atoms with E-state index < -0.39 is 10.0 Å². The van der Waals surface area contributed by atoms with Gasteiger partial charge in [-0.1, -0.05) is 55.8 Å². The summed E-state index contributed by atoms with van der Waals surface area (Å²) in [4.78, 5) is 16.4. The second kappa shape index (κ2) is 16.8. The van der Waals surface area contributed by atoms with Crippen molar-refractivity contribution >= 4 is 10.0 Å². The highest BCUT2D eigenvalue weighted by atomic mass is 32.2. The number of hydrogen-bond acceptors (Lipinski definition) is 7. The van der Waals surface area contributed by atoms with Crippen molar-refractivity contribution in [3.05, 3.63) is 102 Å². The summed E-state index contributed by atoms with van der Waals surface area (Å²) < 4.78 is 30.3. The molecule has 0 spiro atoms. The fourth-order valence-electron chi connectivity index (χ4n) is 5.68. The molecule has 0 N–H and O–H groups in total. The third kappa shape index (κ3) is 10.1. The maximum atomic E-state index is 13.5. The number of nitrogens with zero attached hydrogens (tertiary/aromatic N) is 7. The minimum Gasteiger partial charge on any atom is -0.337 e. The molecular weight excluding hydrogens is 582 g/mol. The molecule has 0 bridgehead atoms. The van der Waals surface area contributed by atoms with Crippen molar-refractivity contribution in [2.45, 2.75) is 77.5 Å². The summed E-state index contributed by atoms with van der Waals surface area (Å²) in [6, 6.07) is 15.7. The fraction of sp³-hybridized carbons (Fsp3) is 0.486.